The van der Waals surface area contributed by atoms with E-state index in [9.17, 15) is 4.79 Å². The van der Waals surface area contributed by atoms with Crippen molar-refractivity contribution in [2.75, 3.05) is 0 Å². The van der Waals surface area contributed by atoms with Crippen LogP contribution in [-0.4, -0.2) is 5.91 Å². The molecule has 2 N–H and O–H groups in total. The molecular weight excluding hydrogens is 222 g/mol. The topological polar surface area (TPSA) is 43.1 Å². The Labute approximate surface area is 107 Å². The zero-order valence-corrected chi connectivity index (χ0v) is 10.3. The second-order valence-corrected chi connectivity index (χ2v) is 4.18. The molecule has 0 saturated carbocycles. The molecule has 0 radical (unpaired) electrons. The first kappa shape index (κ1) is 12.1. The number of rotatable bonds is 3. The van der Waals surface area contributed by atoms with Crippen molar-refractivity contribution in [2.24, 2.45) is 5.73 Å². The lowest BCUT2D eigenvalue weighted by molar-refractivity contribution is -0.114. The van der Waals surface area contributed by atoms with Crippen molar-refractivity contribution in [1.29, 1.82) is 0 Å². The Morgan fingerprint density at radius 2 is 1.67 bits per heavy atom. The molecule has 0 aliphatic carbocycles. The van der Waals surface area contributed by atoms with Gasteiger partial charge < -0.3 is 5.73 Å². The molecule has 0 bridgehead atoms. The van der Waals surface area contributed by atoms with Crippen LogP contribution in [0.1, 0.15) is 12.5 Å². The molecule has 0 fully saturated rings. The standard InChI is InChI=1S/C16H15NO/c1-12(16(17)18)10-13-6-5-9-15(11-13)14-7-3-2-4-8-14/h2-11H,1H3,(H2,17,18)/b12-10+. The van der Waals surface area contributed by atoms with Crippen LogP contribution in [0, 0.1) is 0 Å². The molecule has 1 amide bonds. The van der Waals surface area contributed by atoms with Crippen molar-refractivity contribution in [3.8, 4) is 11.1 Å². The van der Waals surface area contributed by atoms with E-state index in [1.165, 1.54) is 0 Å². The Morgan fingerprint density at radius 3 is 2.33 bits per heavy atom. The van der Waals surface area contributed by atoms with E-state index >= 15 is 0 Å². The lowest BCUT2D eigenvalue weighted by Gasteiger charge is -2.03. The molecule has 0 heterocycles. The molecule has 0 spiro atoms. The van der Waals surface area contributed by atoms with Crippen LogP contribution in [-0.2, 0) is 4.79 Å². The molecule has 2 nitrogen and oxygen atoms in total. The van der Waals surface area contributed by atoms with Gasteiger partial charge in [0.15, 0.2) is 0 Å². The summed E-state index contributed by atoms with van der Waals surface area (Å²) in [7, 11) is 0. The van der Waals surface area contributed by atoms with Gasteiger partial charge in [0.2, 0.25) is 5.91 Å². The third kappa shape index (κ3) is 2.86. The van der Waals surface area contributed by atoms with Crippen LogP contribution in [0.15, 0.2) is 60.2 Å². The maximum absolute atomic E-state index is 11.0. The summed E-state index contributed by atoms with van der Waals surface area (Å²) in [5, 5.41) is 0. The highest BCUT2D eigenvalue weighted by Crippen LogP contribution is 2.21. The zero-order chi connectivity index (χ0) is 13.0. The van der Waals surface area contributed by atoms with Gasteiger partial charge in [-0.2, -0.15) is 0 Å². The van der Waals surface area contributed by atoms with Gasteiger partial charge >= 0.3 is 0 Å². The molecule has 0 aliphatic heterocycles. The third-order valence-corrected chi connectivity index (χ3v) is 2.77. The van der Waals surface area contributed by atoms with Gasteiger partial charge in [-0.15, -0.1) is 0 Å². The first-order chi connectivity index (χ1) is 8.66. The van der Waals surface area contributed by atoms with Crippen LogP contribution >= 0.6 is 0 Å². The van der Waals surface area contributed by atoms with E-state index in [-0.39, 0.29) is 5.91 Å². The van der Waals surface area contributed by atoms with Crippen LogP contribution in [0.5, 0.6) is 0 Å². The van der Waals surface area contributed by atoms with Crippen molar-refractivity contribution in [2.45, 2.75) is 6.92 Å². The number of amides is 1. The lowest BCUT2D eigenvalue weighted by atomic mass is 10.0. The summed E-state index contributed by atoms with van der Waals surface area (Å²) in [6, 6.07) is 18.1. The molecule has 2 heteroatoms. The Morgan fingerprint density at radius 1 is 1.00 bits per heavy atom. The van der Waals surface area contributed by atoms with Gasteiger partial charge in [0, 0.05) is 5.57 Å². The molecule has 0 aromatic heterocycles. The molecule has 90 valence electrons. The van der Waals surface area contributed by atoms with Crippen LogP contribution in [0.4, 0.5) is 0 Å². The van der Waals surface area contributed by atoms with Gasteiger partial charge in [-0.05, 0) is 35.8 Å². The maximum atomic E-state index is 11.0. The predicted octanol–water partition coefficient (Wildman–Crippen LogP) is 3.24. The highest BCUT2D eigenvalue weighted by molar-refractivity contribution is 5.96. The van der Waals surface area contributed by atoms with E-state index in [2.05, 4.69) is 12.1 Å². The Kier molecular flexibility index (Phi) is 3.58. The fourth-order valence-corrected chi connectivity index (χ4v) is 1.76. The molecule has 18 heavy (non-hydrogen) atoms. The Balaban J connectivity index is 2.37. The fourth-order valence-electron chi connectivity index (χ4n) is 1.76. The van der Waals surface area contributed by atoms with Gasteiger partial charge in [0.25, 0.3) is 0 Å². The smallest absolute Gasteiger partial charge is 0.244 e. The number of hydrogen-bond acceptors (Lipinski definition) is 1. The molecule has 0 aliphatic rings. The van der Waals surface area contributed by atoms with Crippen LogP contribution in [0.3, 0.4) is 0 Å². The lowest BCUT2D eigenvalue weighted by Crippen LogP contribution is -2.11. The monoisotopic (exact) mass is 237 g/mol. The van der Waals surface area contributed by atoms with E-state index < -0.39 is 0 Å². The van der Waals surface area contributed by atoms with Gasteiger partial charge in [-0.25, -0.2) is 0 Å². The number of hydrogen-bond donors (Lipinski definition) is 1. The quantitative estimate of drug-likeness (QED) is 0.818. The van der Waals surface area contributed by atoms with Gasteiger partial charge in [0.1, 0.15) is 0 Å². The van der Waals surface area contributed by atoms with E-state index in [0.29, 0.717) is 5.57 Å². The van der Waals surface area contributed by atoms with E-state index in [0.717, 1.165) is 16.7 Å². The first-order valence-corrected chi connectivity index (χ1v) is 5.80. The summed E-state index contributed by atoms with van der Waals surface area (Å²) >= 11 is 0. The fraction of sp³-hybridized carbons (Fsp3) is 0.0625. The normalized spacial score (nSPS) is 11.3. The van der Waals surface area contributed by atoms with Crippen LogP contribution in [0.25, 0.3) is 17.2 Å². The first-order valence-electron chi connectivity index (χ1n) is 5.80. The highest BCUT2D eigenvalue weighted by Gasteiger charge is 2.00. The summed E-state index contributed by atoms with van der Waals surface area (Å²) in [4.78, 5) is 11.0. The van der Waals surface area contributed by atoms with Gasteiger partial charge in [-0.3, -0.25) is 4.79 Å². The molecule has 0 atom stereocenters. The summed E-state index contributed by atoms with van der Waals surface area (Å²) in [5.41, 5.74) is 9.04. The van der Waals surface area contributed by atoms with E-state index in [1.54, 1.807) is 13.0 Å². The minimum absolute atomic E-state index is 0.389. The number of carbonyl (C=O) groups excluding carboxylic acids is 1. The molecular formula is C16H15NO. The van der Waals surface area contributed by atoms with Gasteiger partial charge in [-0.1, -0.05) is 48.5 Å². The van der Waals surface area contributed by atoms with Crippen LogP contribution < -0.4 is 5.73 Å². The number of primary amides is 1. The molecule has 2 rings (SSSR count). The molecule has 0 saturated heterocycles. The average molecular weight is 237 g/mol. The van der Waals surface area contributed by atoms with Crippen molar-refractivity contribution in [3.63, 3.8) is 0 Å². The minimum atomic E-state index is -0.389. The Hall–Kier alpha value is -2.35. The number of benzene rings is 2. The van der Waals surface area contributed by atoms with E-state index in [4.69, 9.17) is 5.73 Å². The minimum Gasteiger partial charge on any atom is -0.366 e. The Bertz CT molecular complexity index is 585. The predicted molar refractivity (Wildman–Crippen MR) is 74.7 cm³/mol. The number of carbonyl (C=O) groups is 1. The average Bonchev–Trinajstić information content (AvgIpc) is 2.40. The summed E-state index contributed by atoms with van der Waals surface area (Å²) in [5.74, 6) is -0.389. The maximum Gasteiger partial charge on any atom is 0.244 e. The second-order valence-electron chi connectivity index (χ2n) is 4.18. The molecule has 2 aromatic carbocycles. The van der Waals surface area contributed by atoms with Crippen molar-refractivity contribution < 1.29 is 4.79 Å². The second kappa shape index (κ2) is 5.32. The SMILES string of the molecule is C/C(=C\c1cccc(-c2ccccc2)c1)C(N)=O. The summed E-state index contributed by atoms with van der Waals surface area (Å²) in [6.45, 7) is 1.72. The molecule has 0 unspecified atom stereocenters. The zero-order valence-electron chi connectivity index (χ0n) is 10.3. The highest BCUT2D eigenvalue weighted by atomic mass is 16.1. The van der Waals surface area contributed by atoms with E-state index in [1.807, 2.05) is 42.5 Å². The van der Waals surface area contributed by atoms with Crippen molar-refractivity contribution in [1.82, 2.24) is 0 Å². The largest absolute Gasteiger partial charge is 0.366 e. The van der Waals surface area contributed by atoms with Crippen molar-refractivity contribution >= 4 is 12.0 Å². The van der Waals surface area contributed by atoms with Crippen molar-refractivity contribution in [3.05, 3.63) is 65.7 Å². The summed E-state index contributed by atoms with van der Waals surface area (Å²) in [6.07, 6.45) is 1.80. The summed E-state index contributed by atoms with van der Waals surface area (Å²) < 4.78 is 0. The van der Waals surface area contributed by atoms with Crippen LogP contribution in [0.2, 0.25) is 0 Å². The third-order valence-electron chi connectivity index (χ3n) is 2.77. The molecule has 2 aromatic rings. The van der Waals surface area contributed by atoms with Gasteiger partial charge in [0.05, 0.1) is 0 Å². The number of nitrogens with two attached hydrogens (primary N) is 1.